The molecule has 0 aliphatic carbocycles. The van der Waals surface area contributed by atoms with E-state index in [9.17, 15) is 9.90 Å². The van der Waals surface area contributed by atoms with Crippen molar-refractivity contribution in [2.75, 3.05) is 4.67 Å². The van der Waals surface area contributed by atoms with Crippen LogP contribution in [0.1, 0.15) is 11.1 Å². The van der Waals surface area contributed by atoms with Gasteiger partial charge in [-0.1, -0.05) is 24.3 Å². The zero-order valence-corrected chi connectivity index (χ0v) is 10.1. The van der Waals surface area contributed by atoms with Gasteiger partial charge in [-0.3, -0.25) is 9.46 Å². The van der Waals surface area contributed by atoms with Gasteiger partial charge >= 0.3 is 0 Å². The quantitative estimate of drug-likeness (QED) is 0.592. The number of benzene rings is 1. The third-order valence-corrected chi connectivity index (χ3v) is 3.19. The smallest absolute Gasteiger partial charge is 0.271 e. The molecule has 0 aromatic heterocycles. The van der Waals surface area contributed by atoms with Gasteiger partial charge in [0.05, 0.1) is 5.69 Å². The van der Waals surface area contributed by atoms with E-state index >= 15 is 0 Å². The molecular weight excluding hydrogens is 221 g/mol. The molecule has 1 aromatic rings. The highest BCUT2D eigenvalue weighted by Crippen LogP contribution is 2.43. The highest BCUT2D eigenvalue weighted by atomic mass is 31.0. The fourth-order valence-electron chi connectivity index (χ4n) is 1.86. The zero-order chi connectivity index (χ0) is 11.9. The number of hydrogen-bond donors (Lipinski definition) is 1. The van der Waals surface area contributed by atoms with Crippen LogP contribution in [-0.2, 0) is 10.4 Å². The Hall–Kier alpha value is -1.40. The predicted molar refractivity (Wildman–Crippen MR) is 66.0 cm³/mol. The molecule has 0 saturated carbocycles. The maximum Gasteiger partial charge on any atom is 0.271 e. The van der Waals surface area contributed by atoms with Gasteiger partial charge in [-0.25, -0.2) is 0 Å². The standard InChI is InChI=1S/C12H12NO2P/c1-3-6-12(15)9-7-8(2)4-5-10(9)13(16)11(12)14/h4-7,15H,1,16H2,2H3/t12-/m1/s1. The number of carbonyl (C=O) groups is 1. The molecule has 3 nitrogen and oxygen atoms in total. The molecular formula is C12H12NO2P. The van der Waals surface area contributed by atoms with Gasteiger partial charge in [0.1, 0.15) is 0 Å². The summed E-state index contributed by atoms with van der Waals surface area (Å²) in [6, 6.07) is 5.50. The van der Waals surface area contributed by atoms with Gasteiger partial charge in [-0.2, -0.15) is 0 Å². The van der Waals surface area contributed by atoms with E-state index in [1.807, 2.05) is 19.1 Å². The van der Waals surface area contributed by atoms with Crippen molar-refractivity contribution in [1.82, 2.24) is 0 Å². The Balaban J connectivity index is 2.73. The molecule has 16 heavy (non-hydrogen) atoms. The molecule has 2 rings (SSSR count). The molecule has 1 heterocycles. The molecule has 1 aliphatic heterocycles. The van der Waals surface area contributed by atoms with Crippen molar-refractivity contribution in [1.29, 1.82) is 0 Å². The molecule has 1 aromatic carbocycles. The van der Waals surface area contributed by atoms with E-state index in [4.69, 9.17) is 0 Å². The number of aliphatic hydroxyl groups is 1. The minimum atomic E-state index is -1.63. The third kappa shape index (κ3) is 1.34. The van der Waals surface area contributed by atoms with Crippen molar-refractivity contribution in [3.8, 4) is 0 Å². The Kier molecular flexibility index (Phi) is 2.47. The Morgan fingerprint density at radius 3 is 2.94 bits per heavy atom. The van der Waals surface area contributed by atoms with Crippen molar-refractivity contribution >= 4 is 21.0 Å². The van der Waals surface area contributed by atoms with Crippen molar-refractivity contribution in [3.63, 3.8) is 0 Å². The van der Waals surface area contributed by atoms with E-state index in [0.29, 0.717) is 11.3 Å². The van der Waals surface area contributed by atoms with Gasteiger partial charge in [0.2, 0.25) is 0 Å². The normalized spacial score (nSPS) is 22.9. The summed E-state index contributed by atoms with van der Waals surface area (Å²) in [4.78, 5) is 11.9. The van der Waals surface area contributed by atoms with E-state index in [0.717, 1.165) is 5.56 Å². The molecule has 1 unspecified atom stereocenters. The minimum Gasteiger partial charge on any atom is -0.372 e. The molecule has 0 saturated heterocycles. The SMILES string of the molecule is C=C=C[C@]1(O)C(=O)N(P)c2ccc(C)cc21. The Labute approximate surface area is 96.3 Å². The Bertz CT molecular complexity index is 520. The second-order valence-electron chi connectivity index (χ2n) is 3.81. The number of rotatable bonds is 1. The molecule has 0 fully saturated rings. The van der Waals surface area contributed by atoms with Crippen LogP contribution in [0, 0.1) is 6.92 Å². The van der Waals surface area contributed by atoms with Crippen LogP contribution in [0.15, 0.2) is 36.6 Å². The lowest BCUT2D eigenvalue weighted by Gasteiger charge is -2.16. The van der Waals surface area contributed by atoms with Crippen LogP contribution >= 0.6 is 9.39 Å². The molecule has 0 radical (unpaired) electrons. The number of aryl methyl sites for hydroxylation is 1. The first-order chi connectivity index (χ1) is 7.50. The average Bonchev–Trinajstić information content (AvgIpc) is 2.42. The number of nitrogens with zero attached hydrogens (tertiary/aromatic N) is 1. The summed E-state index contributed by atoms with van der Waals surface area (Å²) in [6.07, 6.45) is 1.29. The minimum absolute atomic E-state index is 0.408. The second-order valence-corrected chi connectivity index (χ2v) is 4.33. The van der Waals surface area contributed by atoms with Crippen molar-refractivity contribution < 1.29 is 9.90 Å². The molecule has 2 atom stereocenters. The Morgan fingerprint density at radius 1 is 1.62 bits per heavy atom. The largest absolute Gasteiger partial charge is 0.372 e. The molecule has 0 bridgehead atoms. The number of anilines is 1. The molecule has 1 amide bonds. The highest BCUT2D eigenvalue weighted by molar-refractivity contribution is 7.21. The van der Waals surface area contributed by atoms with Gasteiger partial charge in [-0.15, -0.1) is 5.73 Å². The molecule has 4 heteroatoms. The van der Waals surface area contributed by atoms with Gasteiger partial charge in [0.15, 0.2) is 5.60 Å². The lowest BCUT2D eigenvalue weighted by Crippen LogP contribution is -2.34. The summed E-state index contributed by atoms with van der Waals surface area (Å²) < 4.78 is 1.36. The lowest BCUT2D eigenvalue weighted by molar-refractivity contribution is -0.130. The van der Waals surface area contributed by atoms with Crippen LogP contribution in [0.3, 0.4) is 0 Å². The number of carbonyl (C=O) groups excluding carboxylic acids is 1. The first-order valence-electron chi connectivity index (χ1n) is 4.80. The summed E-state index contributed by atoms with van der Waals surface area (Å²) >= 11 is 0. The summed E-state index contributed by atoms with van der Waals surface area (Å²) in [6.45, 7) is 5.32. The summed E-state index contributed by atoms with van der Waals surface area (Å²) in [5.41, 5.74) is 3.10. The maximum absolute atomic E-state index is 11.9. The zero-order valence-electron chi connectivity index (χ0n) is 8.90. The molecule has 0 spiro atoms. The summed E-state index contributed by atoms with van der Waals surface area (Å²) in [7, 11) is 2.30. The van der Waals surface area contributed by atoms with Crippen LogP contribution in [0.2, 0.25) is 0 Å². The highest BCUT2D eigenvalue weighted by Gasteiger charge is 2.46. The average molecular weight is 233 g/mol. The van der Waals surface area contributed by atoms with E-state index in [2.05, 4.69) is 21.7 Å². The van der Waals surface area contributed by atoms with Gasteiger partial charge in [-0.05, 0) is 22.4 Å². The van der Waals surface area contributed by atoms with Crippen molar-refractivity contribution in [3.05, 3.63) is 47.7 Å². The third-order valence-electron chi connectivity index (χ3n) is 2.68. The first kappa shape index (κ1) is 11.1. The monoisotopic (exact) mass is 233 g/mol. The summed E-state index contributed by atoms with van der Waals surface area (Å²) in [5.74, 6) is -0.408. The van der Waals surface area contributed by atoms with E-state index in [-0.39, 0.29) is 0 Å². The van der Waals surface area contributed by atoms with Crippen molar-refractivity contribution in [2.45, 2.75) is 12.5 Å². The molecule has 82 valence electrons. The van der Waals surface area contributed by atoms with Gasteiger partial charge in [0.25, 0.3) is 5.91 Å². The number of hydrogen-bond acceptors (Lipinski definition) is 2. The fourth-order valence-corrected chi connectivity index (χ4v) is 2.28. The second kappa shape index (κ2) is 3.57. The van der Waals surface area contributed by atoms with Crippen LogP contribution < -0.4 is 4.67 Å². The van der Waals surface area contributed by atoms with E-state index < -0.39 is 11.5 Å². The van der Waals surface area contributed by atoms with E-state index in [1.165, 1.54) is 10.7 Å². The van der Waals surface area contributed by atoms with Gasteiger partial charge < -0.3 is 5.11 Å². The van der Waals surface area contributed by atoms with Crippen molar-refractivity contribution in [2.24, 2.45) is 0 Å². The summed E-state index contributed by atoms with van der Waals surface area (Å²) in [5, 5.41) is 10.3. The fraction of sp³-hybridized carbons (Fsp3) is 0.167. The molecule has 1 aliphatic rings. The van der Waals surface area contributed by atoms with Crippen LogP contribution in [-0.4, -0.2) is 11.0 Å². The predicted octanol–water partition coefficient (Wildman–Crippen LogP) is 1.66. The Morgan fingerprint density at radius 2 is 2.31 bits per heavy atom. The lowest BCUT2D eigenvalue weighted by atomic mass is 9.94. The number of amides is 1. The topological polar surface area (TPSA) is 40.5 Å². The van der Waals surface area contributed by atoms with Crippen LogP contribution in [0.25, 0.3) is 0 Å². The van der Waals surface area contributed by atoms with Crippen LogP contribution in [0.4, 0.5) is 5.69 Å². The van der Waals surface area contributed by atoms with Gasteiger partial charge in [0, 0.05) is 11.6 Å². The first-order valence-corrected chi connectivity index (χ1v) is 5.32. The van der Waals surface area contributed by atoms with Crippen LogP contribution in [0.5, 0.6) is 0 Å². The number of fused-ring (bicyclic) bond motifs is 1. The molecule has 1 N–H and O–H groups in total. The maximum atomic E-state index is 11.9. The van der Waals surface area contributed by atoms with E-state index in [1.54, 1.807) is 6.07 Å².